The van der Waals surface area contributed by atoms with Crippen LogP contribution in [0.25, 0.3) is 5.57 Å². The number of rotatable bonds is 5. The Labute approximate surface area is 137 Å². The third-order valence-corrected chi connectivity index (χ3v) is 4.72. The van der Waals surface area contributed by atoms with E-state index in [2.05, 4.69) is 13.5 Å². The first-order valence-electron chi connectivity index (χ1n) is 8.10. The van der Waals surface area contributed by atoms with Crippen LogP contribution in [0.1, 0.15) is 47.3 Å². The second kappa shape index (κ2) is 6.13. The molecule has 0 heterocycles. The zero-order chi connectivity index (χ0) is 16.4. The fourth-order valence-corrected chi connectivity index (χ4v) is 3.37. The second-order valence-electron chi connectivity index (χ2n) is 6.19. The maximum absolute atomic E-state index is 13.1. The maximum atomic E-state index is 13.1. The van der Waals surface area contributed by atoms with Crippen molar-refractivity contribution in [3.8, 4) is 0 Å². The Morgan fingerprint density at radius 3 is 2.39 bits per heavy atom. The molecular formula is C21H22O2. The highest BCUT2D eigenvalue weighted by atomic mass is 16.5. The van der Waals surface area contributed by atoms with Crippen molar-refractivity contribution in [3.63, 3.8) is 0 Å². The van der Waals surface area contributed by atoms with E-state index in [1.807, 2.05) is 55.5 Å². The predicted octanol–water partition coefficient (Wildman–Crippen LogP) is 4.78. The number of carbonyl (C=O) groups excluding carboxylic acids is 1. The van der Waals surface area contributed by atoms with Crippen LogP contribution < -0.4 is 0 Å². The zero-order valence-corrected chi connectivity index (χ0v) is 13.8. The Balaban J connectivity index is 2.05. The third-order valence-electron chi connectivity index (χ3n) is 4.72. The average Bonchev–Trinajstić information content (AvgIpc) is 2.78. The molecule has 1 atom stereocenters. The lowest BCUT2D eigenvalue weighted by Crippen LogP contribution is -2.29. The number of ether oxygens (including phenoxy) is 1. The summed E-state index contributed by atoms with van der Waals surface area (Å²) >= 11 is 0. The van der Waals surface area contributed by atoms with Crippen LogP contribution in [0, 0.1) is 0 Å². The van der Waals surface area contributed by atoms with E-state index in [9.17, 15) is 4.79 Å². The van der Waals surface area contributed by atoms with Gasteiger partial charge in [-0.3, -0.25) is 4.79 Å². The zero-order valence-electron chi connectivity index (χ0n) is 13.8. The fourth-order valence-electron chi connectivity index (χ4n) is 3.37. The molecule has 0 aromatic heterocycles. The third kappa shape index (κ3) is 2.43. The number of carbonyl (C=O) groups is 1. The molecule has 0 bridgehead atoms. The molecule has 1 aliphatic rings. The molecule has 2 aromatic carbocycles. The van der Waals surface area contributed by atoms with Crippen LogP contribution in [-0.4, -0.2) is 12.4 Å². The molecule has 0 saturated carbocycles. The molecule has 0 spiro atoms. The Bertz CT molecular complexity index is 723. The van der Waals surface area contributed by atoms with Crippen molar-refractivity contribution >= 4 is 11.4 Å². The van der Waals surface area contributed by atoms with Gasteiger partial charge in [-0.15, -0.1) is 0 Å². The molecule has 0 fully saturated rings. The van der Waals surface area contributed by atoms with Crippen molar-refractivity contribution in [1.82, 2.24) is 0 Å². The molecule has 0 N–H and O–H groups in total. The van der Waals surface area contributed by atoms with Crippen LogP contribution >= 0.6 is 0 Å². The minimum absolute atomic E-state index is 0.126. The van der Waals surface area contributed by atoms with Crippen LogP contribution in [0.2, 0.25) is 0 Å². The molecule has 1 aliphatic carbocycles. The van der Waals surface area contributed by atoms with Crippen LogP contribution in [0.5, 0.6) is 0 Å². The van der Waals surface area contributed by atoms with Gasteiger partial charge in [0.15, 0.2) is 5.78 Å². The monoisotopic (exact) mass is 306 g/mol. The lowest BCUT2D eigenvalue weighted by Gasteiger charge is -2.27. The molecule has 2 nitrogen and oxygen atoms in total. The van der Waals surface area contributed by atoms with Crippen molar-refractivity contribution in [2.45, 2.75) is 32.3 Å². The number of fused-ring (bicyclic) bond motifs is 1. The van der Waals surface area contributed by atoms with E-state index in [0.717, 1.165) is 40.9 Å². The summed E-state index contributed by atoms with van der Waals surface area (Å²) in [5.41, 5.74) is 3.96. The summed E-state index contributed by atoms with van der Waals surface area (Å²) in [6.45, 7) is 9.57. The summed E-state index contributed by atoms with van der Waals surface area (Å²) in [6.07, 6.45) is 0.983. The first-order chi connectivity index (χ1) is 11.1. The SMILES string of the molecule is C=C1c2ccccc2C(=O)C1(C)c1ccccc1COCCC. The van der Waals surface area contributed by atoms with E-state index in [1.54, 1.807) is 0 Å². The predicted molar refractivity (Wildman–Crippen MR) is 93.5 cm³/mol. The molecule has 1 unspecified atom stereocenters. The Kier molecular flexibility index (Phi) is 4.18. The number of hydrogen-bond donors (Lipinski definition) is 0. The highest BCUT2D eigenvalue weighted by Gasteiger charge is 2.46. The Hall–Kier alpha value is -2.19. The van der Waals surface area contributed by atoms with Gasteiger partial charge in [-0.25, -0.2) is 0 Å². The summed E-state index contributed by atoms with van der Waals surface area (Å²) in [5, 5.41) is 0. The standard InChI is InChI=1S/C21H22O2/c1-4-13-23-14-16-9-5-8-12-19(16)21(3)15(2)17-10-6-7-11-18(17)20(21)22/h5-12H,2,4,13-14H2,1,3H3. The highest BCUT2D eigenvalue weighted by molar-refractivity contribution is 6.20. The topological polar surface area (TPSA) is 26.3 Å². The van der Waals surface area contributed by atoms with Gasteiger partial charge in [-0.2, -0.15) is 0 Å². The van der Waals surface area contributed by atoms with E-state index in [4.69, 9.17) is 4.74 Å². The Morgan fingerprint density at radius 1 is 1.04 bits per heavy atom. The van der Waals surface area contributed by atoms with Gasteiger partial charge in [0.05, 0.1) is 12.0 Å². The van der Waals surface area contributed by atoms with Gasteiger partial charge in [-0.05, 0) is 35.6 Å². The average molecular weight is 306 g/mol. The largest absolute Gasteiger partial charge is 0.377 e. The molecule has 2 aromatic rings. The van der Waals surface area contributed by atoms with Crippen molar-refractivity contribution in [2.75, 3.05) is 6.61 Å². The second-order valence-corrected chi connectivity index (χ2v) is 6.19. The smallest absolute Gasteiger partial charge is 0.178 e. The number of Topliss-reactive ketones (excluding diaryl/α,β-unsaturated/α-hetero) is 1. The van der Waals surface area contributed by atoms with E-state index < -0.39 is 5.41 Å². The minimum Gasteiger partial charge on any atom is -0.377 e. The number of allylic oxidation sites excluding steroid dienone is 1. The summed E-state index contributed by atoms with van der Waals surface area (Å²) in [4.78, 5) is 13.1. The molecule has 0 saturated heterocycles. The first kappa shape index (κ1) is 15.7. The van der Waals surface area contributed by atoms with Crippen molar-refractivity contribution in [3.05, 3.63) is 77.4 Å². The van der Waals surface area contributed by atoms with Crippen LogP contribution in [0.3, 0.4) is 0 Å². The molecule has 118 valence electrons. The van der Waals surface area contributed by atoms with Gasteiger partial charge in [0, 0.05) is 12.2 Å². The van der Waals surface area contributed by atoms with Gasteiger partial charge >= 0.3 is 0 Å². The summed E-state index contributed by atoms with van der Waals surface area (Å²) in [6, 6.07) is 15.8. The number of hydrogen-bond acceptors (Lipinski definition) is 2. The van der Waals surface area contributed by atoms with E-state index >= 15 is 0 Å². The molecule has 23 heavy (non-hydrogen) atoms. The van der Waals surface area contributed by atoms with E-state index in [-0.39, 0.29) is 5.78 Å². The normalized spacial score (nSPS) is 19.9. The first-order valence-corrected chi connectivity index (χ1v) is 8.10. The molecule has 0 radical (unpaired) electrons. The van der Waals surface area contributed by atoms with Crippen LogP contribution in [-0.2, 0) is 16.8 Å². The van der Waals surface area contributed by atoms with Crippen molar-refractivity contribution in [2.24, 2.45) is 0 Å². The highest BCUT2D eigenvalue weighted by Crippen LogP contribution is 2.48. The summed E-state index contributed by atoms with van der Waals surface area (Å²) < 4.78 is 5.72. The van der Waals surface area contributed by atoms with Crippen LogP contribution in [0.15, 0.2) is 55.1 Å². The molecule has 0 amide bonds. The summed E-state index contributed by atoms with van der Waals surface area (Å²) in [7, 11) is 0. The van der Waals surface area contributed by atoms with Crippen molar-refractivity contribution in [1.29, 1.82) is 0 Å². The van der Waals surface area contributed by atoms with Gasteiger partial charge in [0.2, 0.25) is 0 Å². The lowest BCUT2D eigenvalue weighted by atomic mass is 9.74. The fraction of sp³-hybridized carbons (Fsp3) is 0.286. The van der Waals surface area contributed by atoms with Gasteiger partial charge in [-0.1, -0.05) is 62.0 Å². The maximum Gasteiger partial charge on any atom is 0.178 e. The molecule has 2 heteroatoms. The quantitative estimate of drug-likeness (QED) is 0.743. The molecule has 3 rings (SSSR count). The van der Waals surface area contributed by atoms with Crippen molar-refractivity contribution < 1.29 is 9.53 Å². The van der Waals surface area contributed by atoms with Gasteiger partial charge in [0.25, 0.3) is 0 Å². The minimum atomic E-state index is -0.712. The number of benzene rings is 2. The lowest BCUT2D eigenvalue weighted by molar-refractivity contribution is 0.0937. The van der Waals surface area contributed by atoms with E-state index in [1.165, 1.54) is 0 Å². The summed E-state index contributed by atoms with van der Waals surface area (Å²) in [5.74, 6) is 0.126. The van der Waals surface area contributed by atoms with Crippen LogP contribution in [0.4, 0.5) is 0 Å². The van der Waals surface area contributed by atoms with E-state index in [0.29, 0.717) is 6.61 Å². The molecular weight excluding hydrogens is 284 g/mol. The van der Waals surface area contributed by atoms with Gasteiger partial charge < -0.3 is 4.74 Å². The van der Waals surface area contributed by atoms with Gasteiger partial charge in [0.1, 0.15) is 0 Å². The number of ketones is 1. The Morgan fingerprint density at radius 2 is 1.70 bits per heavy atom. The molecule has 0 aliphatic heterocycles.